The van der Waals surface area contributed by atoms with Crippen LogP contribution in [-0.2, 0) is 0 Å². The maximum absolute atomic E-state index is 9.97. The maximum Gasteiger partial charge on any atom is 0.130 e. The molecule has 0 aliphatic rings. The highest BCUT2D eigenvalue weighted by Gasteiger charge is 2.18. The van der Waals surface area contributed by atoms with Gasteiger partial charge in [0.25, 0.3) is 0 Å². The number of aromatic hydroxyl groups is 2. The molecule has 0 saturated carbocycles. The lowest BCUT2D eigenvalue weighted by Crippen LogP contribution is -1.92. The second-order valence-corrected chi connectivity index (χ2v) is 3.71. The molecule has 4 nitrogen and oxygen atoms in total. The number of phenolic OH excluding ortho intramolecular Hbond substituents is 2. The Bertz CT molecular complexity index is 512. The minimum absolute atomic E-state index is 0.0224. The average Bonchev–Trinajstić information content (AvgIpc) is 2.38. The molecule has 0 fully saturated rings. The predicted molar refractivity (Wildman–Crippen MR) is 68.3 cm³/mol. The van der Waals surface area contributed by atoms with Crippen molar-refractivity contribution < 1.29 is 19.7 Å². The monoisotopic (exact) mass is 246 g/mol. The van der Waals surface area contributed by atoms with E-state index < -0.39 is 0 Å². The molecule has 0 atom stereocenters. The summed E-state index contributed by atoms with van der Waals surface area (Å²) in [4.78, 5) is 0. The van der Waals surface area contributed by atoms with E-state index in [2.05, 4.69) is 0 Å². The lowest BCUT2D eigenvalue weighted by atomic mass is 10.0. The molecule has 2 aromatic carbocycles. The summed E-state index contributed by atoms with van der Waals surface area (Å²) in [5, 5.41) is 19.9. The summed E-state index contributed by atoms with van der Waals surface area (Å²) in [5.74, 6) is 0.980. The van der Waals surface area contributed by atoms with E-state index in [0.29, 0.717) is 22.6 Å². The van der Waals surface area contributed by atoms with Gasteiger partial charge in [-0.1, -0.05) is 12.1 Å². The van der Waals surface area contributed by atoms with Crippen LogP contribution >= 0.6 is 0 Å². The first kappa shape index (κ1) is 12.1. The Hall–Kier alpha value is -2.36. The molecule has 0 spiro atoms. The largest absolute Gasteiger partial charge is 0.507 e. The molecule has 0 bridgehead atoms. The van der Waals surface area contributed by atoms with Crippen molar-refractivity contribution in [3.05, 3.63) is 36.4 Å². The SMILES string of the molecule is COc1cccc(O)c1-c1c(O)cccc1OC. The summed E-state index contributed by atoms with van der Waals surface area (Å²) in [6.45, 7) is 0. The van der Waals surface area contributed by atoms with E-state index in [1.807, 2.05) is 0 Å². The zero-order valence-corrected chi connectivity index (χ0v) is 10.2. The van der Waals surface area contributed by atoms with Gasteiger partial charge in [-0.15, -0.1) is 0 Å². The highest BCUT2D eigenvalue weighted by Crippen LogP contribution is 2.46. The topological polar surface area (TPSA) is 58.9 Å². The minimum Gasteiger partial charge on any atom is -0.507 e. The number of benzene rings is 2. The normalized spacial score (nSPS) is 10.1. The Morgan fingerprint density at radius 3 is 1.44 bits per heavy atom. The summed E-state index contributed by atoms with van der Waals surface area (Å²) in [6, 6.07) is 9.82. The number of hydrogen-bond donors (Lipinski definition) is 2. The molecule has 94 valence electrons. The van der Waals surface area contributed by atoms with Gasteiger partial charge in [0.2, 0.25) is 0 Å². The molecule has 0 aliphatic carbocycles. The van der Waals surface area contributed by atoms with Crippen LogP contribution in [0.5, 0.6) is 23.0 Å². The lowest BCUT2D eigenvalue weighted by molar-refractivity contribution is 0.400. The molecular formula is C14H14O4. The molecule has 0 amide bonds. The third-order valence-corrected chi connectivity index (χ3v) is 2.70. The summed E-state index contributed by atoms with van der Waals surface area (Å²) in [7, 11) is 3.01. The van der Waals surface area contributed by atoms with Gasteiger partial charge in [0.15, 0.2) is 0 Å². The van der Waals surface area contributed by atoms with Crippen LogP contribution < -0.4 is 9.47 Å². The standard InChI is InChI=1S/C14H14O4/c1-17-11-7-3-5-9(15)13(11)14-10(16)6-4-8-12(14)18-2/h3-8,15-16H,1-2H3. The number of methoxy groups -OCH3 is 2. The van der Waals surface area contributed by atoms with Gasteiger partial charge in [0.1, 0.15) is 23.0 Å². The van der Waals surface area contributed by atoms with Crippen molar-refractivity contribution in [2.24, 2.45) is 0 Å². The van der Waals surface area contributed by atoms with E-state index in [4.69, 9.17) is 9.47 Å². The number of phenols is 2. The van der Waals surface area contributed by atoms with Gasteiger partial charge in [-0.05, 0) is 24.3 Å². The van der Waals surface area contributed by atoms with Gasteiger partial charge in [-0.3, -0.25) is 0 Å². The van der Waals surface area contributed by atoms with Gasteiger partial charge >= 0.3 is 0 Å². The van der Waals surface area contributed by atoms with E-state index in [9.17, 15) is 10.2 Å². The first-order valence-electron chi connectivity index (χ1n) is 5.41. The van der Waals surface area contributed by atoms with E-state index in [-0.39, 0.29) is 11.5 Å². The number of ether oxygens (including phenoxy) is 2. The third-order valence-electron chi connectivity index (χ3n) is 2.70. The summed E-state index contributed by atoms with van der Waals surface area (Å²) in [5.41, 5.74) is 0.824. The van der Waals surface area contributed by atoms with Crippen molar-refractivity contribution in [3.8, 4) is 34.1 Å². The molecule has 2 rings (SSSR count). The van der Waals surface area contributed by atoms with Crippen LogP contribution in [-0.4, -0.2) is 24.4 Å². The molecule has 0 radical (unpaired) electrons. The van der Waals surface area contributed by atoms with Gasteiger partial charge in [-0.25, -0.2) is 0 Å². The van der Waals surface area contributed by atoms with E-state index >= 15 is 0 Å². The third kappa shape index (κ3) is 1.93. The quantitative estimate of drug-likeness (QED) is 0.874. The van der Waals surface area contributed by atoms with Crippen LogP contribution in [0.2, 0.25) is 0 Å². The smallest absolute Gasteiger partial charge is 0.130 e. The highest BCUT2D eigenvalue weighted by molar-refractivity contribution is 5.84. The van der Waals surface area contributed by atoms with Crippen molar-refractivity contribution in [1.29, 1.82) is 0 Å². The second kappa shape index (κ2) is 4.87. The molecule has 0 heterocycles. The summed E-state index contributed by atoms with van der Waals surface area (Å²) in [6.07, 6.45) is 0. The molecule has 0 aliphatic heterocycles. The van der Waals surface area contributed by atoms with Crippen LogP contribution in [0.25, 0.3) is 11.1 Å². The fourth-order valence-electron chi connectivity index (χ4n) is 1.88. The van der Waals surface area contributed by atoms with Crippen LogP contribution in [0.1, 0.15) is 0 Å². The van der Waals surface area contributed by atoms with Crippen molar-refractivity contribution in [1.82, 2.24) is 0 Å². The van der Waals surface area contributed by atoms with E-state index in [0.717, 1.165) is 0 Å². The zero-order valence-electron chi connectivity index (χ0n) is 10.2. The minimum atomic E-state index is 0.0224. The van der Waals surface area contributed by atoms with Crippen molar-refractivity contribution in [2.75, 3.05) is 14.2 Å². The van der Waals surface area contributed by atoms with Gasteiger partial charge in [0.05, 0.1) is 25.3 Å². The average molecular weight is 246 g/mol. The van der Waals surface area contributed by atoms with Crippen LogP contribution in [0, 0.1) is 0 Å². The number of rotatable bonds is 3. The molecule has 0 aromatic heterocycles. The molecule has 0 saturated heterocycles. The lowest BCUT2D eigenvalue weighted by Gasteiger charge is -2.14. The summed E-state index contributed by atoms with van der Waals surface area (Å²) >= 11 is 0. The Morgan fingerprint density at radius 2 is 1.11 bits per heavy atom. The second-order valence-electron chi connectivity index (χ2n) is 3.71. The Kier molecular flexibility index (Phi) is 3.28. The van der Waals surface area contributed by atoms with Crippen LogP contribution in [0.3, 0.4) is 0 Å². The highest BCUT2D eigenvalue weighted by atomic mass is 16.5. The number of hydrogen-bond acceptors (Lipinski definition) is 4. The molecule has 2 aromatic rings. The van der Waals surface area contributed by atoms with Crippen molar-refractivity contribution in [2.45, 2.75) is 0 Å². The summed E-state index contributed by atoms with van der Waals surface area (Å²) < 4.78 is 10.4. The van der Waals surface area contributed by atoms with Crippen molar-refractivity contribution >= 4 is 0 Å². The predicted octanol–water partition coefficient (Wildman–Crippen LogP) is 2.78. The molecule has 0 unspecified atom stereocenters. The maximum atomic E-state index is 9.97. The van der Waals surface area contributed by atoms with Gasteiger partial charge in [0, 0.05) is 0 Å². The Labute approximate surface area is 105 Å². The van der Waals surface area contributed by atoms with Crippen molar-refractivity contribution in [3.63, 3.8) is 0 Å². The molecule has 4 heteroatoms. The van der Waals surface area contributed by atoms with E-state index in [1.54, 1.807) is 24.3 Å². The van der Waals surface area contributed by atoms with Gasteiger partial charge in [-0.2, -0.15) is 0 Å². The van der Waals surface area contributed by atoms with Crippen LogP contribution in [0.15, 0.2) is 36.4 Å². The Morgan fingerprint density at radius 1 is 0.722 bits per heavy atom. The molecular weight excluding hydrogens is 232 g/mol. The van der Waals surface area contributed by atoms with Crippen LogP contribution in [0.4, 0.5) is 0 Å². The molecule has 2 N–H and O–H groups in total. The first-order chi connectivity index (χ1) is 8.69. The fourth-order valence-corrected chi connectivity index (χ4v) is 1.88. The Balaban J connectivity index is 2.76. The van der Waals surface area contributed by atoms with Gasteiger partial charge < -0.3 is 19.7 Å². The zero-order chi connectivity index (χ0) is 13.1. The fraction of sp³-hybridized carbons (Fsp3) is 0.143. The van der Waals surface area contributed by atoms with E-state index in [1.165, 1.54) is 26.4 Å². The molecule has 18 heavy (non-hydrogen) atoms. The first-order valence-corrected chi connectivity index (χ1v) is 5.41.